The molecule has 7 heteroatoms. The number of methoxy groups -OCH3 is 1. The highest BCUT2D eigenvalue weighted by atomic mass is 32.2. The average Bonchev–Trinajstić information content (AvgIpc) is 2.22. The van der Waals surface area contributed by atoms with E-state index >= 15 is 0 Å². The molecule has 0 saturated heterocycles. The number of esters is 1. The topological polar surface area (TPSA) is 92.7 Å². The Morgan fingerprint density at radius 1 is 1.50 bits per heavy atom. The summed E-state index contributed by atoms with van der Waals surface area (Å²) in [6, 6.07) is 0. The summed E-state index contributed by atoms with van der Waals surface area (Å²) < 4.78 is 27.2. The Morgan fingerprint density at radius 3 is 2.62 bits per heavy atom. The van der Waals surface area contributed by atoms with Crippen molar-refractivity contribution in [3.63, 3.8) is 0 Å². The first-order valence-electron chi connectivity index (χ1n) is 5.07. The predicted octanol–water partition coefficient (Wildman–Crippen LogP) is -1.07. The maximum absolute atomic E-state index is 11.4. The van der Waals surface area contributed by atoms with Crippen molar-refractivity contribution in [1.82, 2.24) is 5.32 Å². The van der Waals surface area contributed by atoms with Gasteiger partial charge >= 0.3 is 5.97 Å². The second kappa shape index (κ2) is 7.59. The first kappa shape index (κ1) is 15.3. The van der Waals surface area contributed by atoms with E-state index in [9.17, 15) is 18.3 Å². The summed E-state index contributed by atoms with van der Waals surface area (Å²) >= 11 is 0. The average molecular weight is 253 g/mol. The van der Waals surface area contributed by atoms with Crippen molar-refractivity contribution in [3.8, 4) is 0 Å². The van der Waals surface area contributed by atoms with Gasteiger partial charge in [0.15, 0.2) is 9.84 Å². The molecule has 0 spiro atoms. The predicted molar refractivity (Wildman–Crippen MR) is 59.8 cm³/mol. The van der Waals surface area contributed by atoms with Crippen molar-refractivity contribution in [2.75, 3.05) is 31.7 Å². The molecule has 1 atom stereocenters. The van der Waals surface area contributed by atoms with Crippen LogP contribution in [-0.2, 0) is 19.4 Å². The van der Waals surface area contributed by atoms with E-state index in [2.05, 4.69) is 10.1 Å². The number of aliphatic hydroxyl groups excluding tert-OH is 1. The molecule has 2 N–H and O–H groups in total. The van der Waals surface area contributed by atoms with Crippen LogP contribution in [-0.4, -0.2) is 57.3 Å². The van der Waals surface area contributed by atoms with Crippen molar-refractivity contribution in [3.05, 3.63) is 0 Å². The summed E-state index contributed by atoms with van der Waals surface area (Å²) in [4.78, 5) is 10.8. The van der Waals surface area contributed by atoms with E-state index in [-0.39, 0.29) is 24.5 Å². The van der Waals surface area contributed by atoms with Gasteiger partial charge in [-0.1, -0.05) is 6.92 Å². The third-order valence-electron chi connectivity index (χ3n) is 1.92. The lowest BCUT2D eigenvalue weighted by molar-refractivity contribution is -0.140. The van der Waals surface area contributed by atoms with Crippen molar-refractivity contribution in [2.45, 2.75) is 19.4 Å². The van der Waals surface area contributed by atoms with Crippen LogP contribution in [0.5, 0.6) is 0 Å². The molecule has 0 aliphatic rings. The molecule has 0 heterocycles. The van der Waals surface area contributed by atoms with Crippen LogP contribution in [0.1, 0.15) is 13.3 Å². The van der Waals surface area contributed by atoms with Crippen LogP contribution in [0, 0.1) is 0 Å². The van der Waals surface area contributed by atoms with E-state index in [1.807, 2.05) is 6.92 Å². The smallest absolute Gasteiger partial charge is 0.306 e. The quantitative estimate of drug-likeness (QED) is 0.535. The summed E-state index contributed by atoms with van der Waals surface area (Å²) in [5, 5.41) is 12.2. The lowest BCUT2D eigenvalue weighted by Gasteiger charge is -2.11. The number of rotatable bonds is 8. The summed E-state index contributed by atoms with van der Waals surface area (Å²) in [5.74, 6) is -1.19. The number of sulfone groups is 1. The Morgan fingerprint density at radius 2 is 2.12 bits per heavy atom. The third-order valence-corrected chi connectivity index (χ3v) is 3.64. The Balaban J connectivity index is 3.99. The van der Waals surface area contributed by atoms with Gasteiger partial charge in [-0.2, -0.15) is 0 Å². The van der Waals surface area contributed by atoms with E-state index in [1.165, 1.54) is 7.11 Å². The Bertz CT molecular complexity index is 301. The van der Waals surface area contributed by atoms with Gasteiger partial charge in [-0.25, -0.2) is 8.42 Å². The van der Waals surface area contributed by atoms with Crippen LogP contribution in [0.4, 0.5) is 0 Å². The molecule has 96 valence electrons. The summed E-state index contributed by atoms with van der Waals surface area (Å²) in [6.45, 7) is 2.76. The van der Waals surface area contributed by atoms with Crippen molar-refractivity contribution in [2.24, 2.45) is 0 Å². The molecule has 1 unspecified atom stereocenters. The van der Waals surface area contributed by atoms with Crippen LogP contribution in [0.25, 0.3) is 0 Å². The number of likely N-dealkylation sites (N-methyl/N-ethyl adjacent to an activating group) is 1. The highest BCUT2D eigenvalue weighted by Gasteiger charge is 2.18. The zero-order valence-electron chi connectivity index (χ0n) is 9.60. The molecule has 0 aromatic heterocycles. The fourth-order valence-electron chi connectivity index (χ4n) is 1.09. The van der Waals surface area contributed by atoms with Crippen molar-refractivity contribution in [1.29, 1.82) is 0 Å². The lowest BCUT2D eigenvalue weighted by atomic mass is 10.4. The molecule has 0 aromatic carbocycles. The van der Waals surface area contributed by atoms with E-state index < -0.39 is 21.9 Å². The molecule has 0 aromatic rings. The fourth-order valence-corrected chi connectivity index (χ4v) is 2.44. The van der Waals surface area contributed by atoms with Crippen LogP contribution in [0.15, 0.2) is 0 Å². The molecule has 0 saturated carbocycles. The Hall–Kier alpha value is -0.660. The monoisotopic (exact) mass is 253 g/mol. The minimum absolute atomic E-state index is 0.174. The number of nitrogens with one attached hydrogen (secondary N) is 1. The molecule has 6 nitrogen and oxygen atoms in total. The molecule has 0 amide bonds. The van der Waals surface area contributed by atoms with Gasteiger partial charge in [0.2, 0.25) is 0 Å². The summed E-state index contributed by atoms with van der Waals surface area (Å²) in [6.07, 6.45) is -1.12. The second-order valence-electron chi connectivity index (χ2n) is 3.40. The molecular formula is C9H19NO5S. The number of carbonyl (C=O) groups is 1. The largest absolute Gasteiger partial charge is 0.469 e. The zero-order chi connectivity index (χ0) is 12.6. The number of aliphatic hydroxyl groups is 1. The van der Waals surface area contributed by atoms with Crippen molar-refractivity contribution < 1.29 is 23.1 Å². The first-order chi connectivity index (χ1) is 7.41. The standard InChI is InChI=1S/C9H19NO5S/c1-3-10-6-8(11)7-16(13,14)5-4-9(12)15-2/h8,10-11H,3-7H2,1-2H3. The Labute approximate surface area is 95.9 Å². The number of hydrogen-bond donors (Lipinski definition) is 2. The van der Waals surface area contributed by atoms with Crippen LogP contribution < -0.4 is 5.32 Å². The van der Waals surface area contributed by atoms with Gasteiger partial charge < -0.3 is 15.2 Å². The fraction of sp³-hybridized carbons (Fsp3) is 0.889. The van der Waals surface area contributed by atoms with E-state index in [0.29, 0.717) is 6.54 Å². The third kappa shape index (κ3) is 7.61. The highest BCUT2D eigenvalue weighted by Crippen LogP contribution is 1.98. The number of hydrogen-bond acceptors (Lipinski definition) is 6. The molecule has 0 bridgehead atoms. The minimum Gasteiger partial charge on any atom is -0.469 e. The van der Waals surface area contributed by atoms with Gasteiger partial charge in [0.25, 0.3) is 0 Å². The van der Waals surface area contributed by atoms with Gasteiger partial charge in [-0.15, -0.1) is 0 Å². The van der Waals surface area contributed by atoms with Crippen LogP contribution in [0.3, 0.4) is 0 Å². The summed E-state index contributed by atoms with van der Waals surface area (Å²) in [7, 11) is -2.20. The zero-order valence-corrected chi connectivity index (χ0v) is 10.4. The molecular weight excluding hydrogens is 234 g/mol. The number of ether oxygens (including phenoxy) is 1. The maximum atomic E-state index is 11.4. The number of carbonyl (C=O) groups excluding carboxylic acids is 1. The SMILES string of the molecule is CCNCC(O)CS(=O)(=O)CCC(=O)OC. The van der Waals surface area contributed by atoms with Gasteiger partial charge in [-0.05, 0) is 6.54 Å². The second-order valence-corrected chi connectivity index (χ2v) is 5.63. The maximum Gasteiger partial charge on any atom is 0.306 e. The summed E-state index contributed by atoms with van der Waals surface area (Å²) in [5.41, 5.74) is 0. The normalized spacial score (nSPS) is 13.4. The minimum atomic E-state index is -3.41. The van der Waals surface area contributed by atoms with Crippen LogP contribution in [0.2, 0.25) is 0 Å². The lowest BCUT2D eigenvalue weighted by Crippen LogP contribution is -2.33. The van der Waals surface area contributed by atoms with Gasteiger partial charge in [0.1, 0.15) is 0 Å². The van der Waals surface area contributed by atoms with E-state index in [4.69, 9.17) is 0 Å². The van der Waals surface area contributed by atoms with Gasteiger partial charge in [0, 0.05) is 6.54 Å². The van der Waals surface area contributed by atoms with Crippen LogP contribution >= 0.6 is 0 Å². The van der Waals surface area contributed by atoms with Gasteiger partial charge in [0.05, 0.1) is 31.1 Å². The van der Waals surface area contributed by atoms with E-state index in [0.717, 1.165) is 0 Å². The molecule has 16 heavy (non-hydrogen) atoms. The molecule has 0 fully saturated rings. The molecule has 0 radical (unpaired) electrons. The Kier molecular flexibility index (Phi) is 7.27. The molecule has 0 aliphatic carbocycles. The molecule has 0 aliphatic heterocycles. The van der Waals surface area contributed by atoms with Crippen molar-refractivity contribution >= 4 is 15.8 Å². The molecule has 0 rings (SSSR count). The van der Waals surface area contributed by atoms with Gasteiger partial charge in [-0.3, -0.25) is 4.79 Å². The van der Waals surface area contributed by atoms with E-state index in [1.54, 1.807) is 0 Å². The highest BCUT2D eigenvalue weighted by molar-refractivity contribution is 7.91. The first-order valence-corrected chi connectivity index (χ1v) is 6.89.